The summed E-state index contributed by atoms with van der Waals surface area (Å²) in [7, 11) is 0. The molecule has 0 aliphatic heterocycles. The van der Waals surface area contributed by atoms with E-state index in [0.717, 1.165) is 0 Å². The van der Waals surface area contributed by atoms with Crippen molar-refractivity contribution in [2.24, 2.45) is 10.8 Å². The summed E-state index contributed by atoms with van der Waals surface area (Å²) in [5.41, 5.74) is 11.3. The average molecular weight is 600 g/mol. The van der Waals surface area contributed by atoms with E-state index < -0.39 is 26.0 Å². The molecular formula is C24H38ClU. The molecule has 0 radical (unpaired) electrons. The maximum Gasteiger partial charge on any atom is -0.147 e. The van der Waals surface area contributed by atoms with E-state index in [1.165, 1.54) is 9.03 Å². The van der Waals surface area contributed by atoms with E-state index in [9.17, 15) is 0 Å². The van der Waals surface area contributed by atoms with Crippen LogP contribution in [0, 0.1) is 36.9 Å². The molecule has 0 aromatic heterocycles. The van der Waals surface area contributed by atoms with Gasteiger partial charge in [-0.1, -0.05) is 0 Å². The molecule has 0 bridgehead atoms. The minimum absolute atomic E-state index is 0. The summed E-state index contributed by atoms with van der Waals surface area (Å²) in [6.07, 6.45) is 0. The summed E-state index contributed by atoms with van der Waals surface area (Å²) in [6, 6.07) is 0. The smallest absolute Gasteiger partial charge is 0.147 e. The summed E-state index contributed by atoms with van der Waals surface area (Å²) in [5.74, 6) is 0. The van der Waals surface area contributed by atoms with Gasteiger partial charge in [0.15, 0.2) is 0 Å². The van der Waals surface area contributed by atoms with Crippen LogP contribution in [0.2, 0.25) is 3.45 Å². The van der Waals surface area contributed by atoms with Gasteiger partial charge in [-0.15, -0.1) is 12.4 Å². The Kier molecular flexibility index (Phi) is 7.24. The van der Waals surface area contributed by atoms with Crippen LogP contribution in [0.4, 0.5) is 0 Å². The molecule has 0 amide bonds. The minimum atomic E-state index is -2.42. The fourth-order valence-electron chi connectivity index (χ4n) is 5.00. The van der Waals surface area contributed by atoms with Crippen LogP contribution in [0.15, 0.2) is 50.8 Å². The summed E-state index contributed by atoms with van der Waals surface area (Å²) in [5, 5.41) is 0. The first-order valence-electron chi connectivity index (χ1n) is 9.56. The molecule has 2 aliphatic rings. The van der Waals surface area contributed by atoms with Gasteiger partial charge >= 0.3 is 167 Å². The quantitative estimate of drug-likeness (QED) is 0.285. The van der Waals surface area contributed by atoms with Crippen LogP contribution in [-0.4, -0.2) is 0 Å². The molecule has 0 heterocycles. The molecule has 0 aromatic carbocycles. The zero-order valence-electron chi connectivity index (χ0n) is 18.8. The first-order valence-corrected chi connectivity index (χ1v) is 16.7. The Morgan fingerprint density at radius 2 is 1.04 bits per heavy atom. The van der Waals surface area contributed by atoms with E-state index in [1.807, 2.05) is 5.21 Å². The van der Waals surface area contributed by atoms with Crippen molar-refractivity contribution in [2.75, 3.05) is 0 Å². The summed E-state index contributed by atoms with van der Waals surface area (Å²) >= 11 is -2.42. The molecule has 0 N–H and O–H groups in total. The van der Waals surface area contributed by atoms with Crippen molar-refractivity contribution in [3.8, 4) is 0 Å². The molecule has 2 heteroatoms. The predicted molar refractivity (Wildman–Crippen MR) is 117 cm³/mol. The van der Waals surface area contributed by atoms with Gasteiger partial charge in [-0.3, -0.25) is 0 Å². The first kappa shape index (κ1) is 24.1. The van der Waals surface area contributed by atoms with Crippen molar-refractivity contribution in [1.29, 1.82) is 0 Å². The average Bonchev–Trinajstić information content (AvgIpc) is 2.73. The fraction of sp³-hybridized carbons (Fsp3) is 0.583. The zero-order valence-corrected chi connectivity index (χ0v) is 23.8. The number of hydrogen-bond donors (Lipinski definition) is 0. The monoisotopic (exact) mass is 599 g/mol. The van der Waals surface area contributed by atoms with Crippen LogP contribution in [-0.2, 0) is 0 Å². The number of allylic oxidation sites excluding steroid dienone is 9. The largest absolute Gasteiger partial charge is 0.147 e. The summed E-state index contributed by atoms with van der Waals surface area (Å²) in [6.45, 7) is 30.6. The molecule has 145 valence electrons. The van der Waals surface area contributed by atoms with Gasteiger partial charge < -0.3 is 0 Å². The third-order valence-corrected chi connectivity index (χ3v) is 24.5. The van der Waals surface area contributed by atoms with Gasteiger partial charge in [-0.05, 0) is 0 Å². The third-order valence-electron chi connectivity index (χ3n) is 7.21. The SMILES string of the molecule is C=C(C)[CH2][U]([C]1=C(C)C(C)=C(C)C1(C)C)[C]1=C(C)C(C)=C(C)C1(C)C.Cl. The van der Waals surface area contributed by atoms with Gasteiger partial charge in [0.05, 0.1) is 0 Å². The van der Waals surface area contributed by atoms with Crippen molar-refractivity contribution in [1.82, 2.24) is 0 Å². The van der Waals surface area contributed by atoms with Crippen LogP contribution in [0.25, 0.3) is 0 Å². The van der Waals surface area contributed by atoms with Gasteiger partial charge in [0.2, 0.25) is 0 Å². The van der Waals surface area contributed by atoms with Crippen molar-refractivity contribution in [3.63, 3.8) is 0 Å². The first-order chi connectivity index (χ1) is 11.3. The van der Waals surface area contributed by atoms with Gasteiger partial charge in [0.1, 0.15) is 0 Å². The van der Waals surface area contributed by atoms with Gasteiger partial charge in [0.25, 0.3) is 0 Å². The summed E-state index contributed by atoms with van der Waals surface area (Å²) in [4.78, 5) is 0. The molecule has 0 spiro atoms. The van der Waals surface area contributed by atoms with Gasteiger partial charge in [-0.25, -0.2) is 0 Å². The third kappa shape index (κ3) is 3.54. The maximum atomic E-state index is 4.34. The Bertz CT molecular complexity index is 708. The van der Waals surface area contributed by atoms with Crippen LogP contribution >= 0.6 is 12.4 Å². The van der Waals surface area contributed by atoms with E-state index in [1.54, 1.807) is 33.4 Å². The molecule has 0 fully saturated rings. The summed E-state index contributed by atoms with van der Waals surface area (Å²) < 4.78 is 4.96. The van der Waals surface area contributed by atoms with Gasteiger partial charge in [0, 0.05) is 0 Å². The second-order valence-electron chi connectivity index (χ2n) is 9.36. The molecule has 0 unspecified atom stereocenters. The molecule has 0 atom stereocenters. The number of rotatable bonds is 4. The van der Waals surface area contributed by atoms with Crippen molar-refractivity contribution < 1.29 is 26.0 Å². The van der Waals surface area contributed by atoms with Crippen LogP contribution < -0.4 is 0 Å². The topological polar surface area (TPSA) is 0 Å². The molecule has 0 aromatic rings. The van der Waals surface area contributed by atoms with Crippen LogP contribution in [0.5, 0.6) is 0 Å². The van der Waals surface area contributed by atoms with E-state index in [4.69, 9.17) is 0 Å². The normalized spacial score (nSPS) is 21.7. The van der Waals surface area contributed by atoms with Crippen LogP contribution in [0.3, 0.4) is 0 Å². The fourth-order valence-corrected chi connectivity index (χ4v) is 23.2. The van der Waals surface area contributed by atoms with E-state index >= 15 is 0 Å². The van der Waals surface area contributed by atoms with E-state index in [0.29, 0.717) is 0 Å². The number of halogens is 1. The Hall–Kier alpha value is 0.0419. The van der Waals surface area contributed by atoms with Crippen molar-refractivity contribution in [3.05, 3.63) is 50.8 Å². The van der Waals surface area contributed by atoms with Crippen molar-refractivity contribution in [2.45, 2.75) is 79.6 Å². The Balaban J connectivity index is 0.00000338. The predicted octanol–water partition coefficient (Wildman–Crippen LogP) is 8.32. The second kappa shape index (κ2) is 7.81. The second-order valence-corrected chi connectivity index (χ2v) is 19.0. The van der Waals surface area contributed by atoms with Crippen molar-refractivity contribution >= 4 is 12.4 Å². The molecule has 0 saturated heterocycles. The molecule has 2 aliphatic carbocycles. The number of hydrogen-bond acceptors (Lipinski definition) is 0. The molecule has 0 nitrogen and oxygen atoms in total. The van der Waals surface area contributed by atoms with E-state index in [2.05, 4.69) is 82.7 Å². The van der Waals surface area contributed by atoms with E-state index in [-0.39, 0.29) is 23.2 Å². The van der Waals surface area contributed by atoms with Crippen LogP contribution in [0.1, 0.15) is 76.2 Å². The molecule has 2 rings (SSSR count). The Labute approximate surface area is 178 Å². The standard InChI is InChI=1S/2C10H15.C4H7.ClH.U/c2*1-7-6-10(4,5)9(3)8(7)2;1-4(2)3;;/h2*1-5H3;1-2H2,3H3;1H;. The maximum absolute atomic E-state index is 4.34. The zero-order chi connectivity index (χ0) is 19.5. The minimum Gasteiger partial charge on any atom is -0.147 e. The van der Waals surface area contributed by atoms with Gasteiger partial charge in [-0.2, -0.15) is 0 Å². The molecular weight excluding hydrogens is 562 g/mol. The Morgan fingerprint density at radius 3 is 1.23 bits per heavy atom. The Morgan fingerprint density at radius 1 is 0.731 bits per heavy atom. The molecule has 0 saturated carbocycles. The molecule has 26 heavy (non-hydrogen) atoms.